The van der Waals surface area contributed by atoms with Gasteiger partial charge in [-0.25, -0.2) is 4.79 Å². The molecule has 0 aliphatic carbocycles. The van der Waals surface area contributed by atoms with Crippen molar-refractivity contribution in [2.24, 2.45) is 5.92 Å². The molecule has 9 nitrogen and oxygen atoms in total. The number of esters is 1. The van der Waals surface area contributed by atoms with Crippen molar-refractivity contribution in [2.75, 3.05) is 26.1 Å². The molecule has 156 valence electrons. The molecule has 1 heterocycles. The molecule has 0 spiro atoms. The van der Waals surface area contributed by atoms with Gasteiger partial charge in [0.2, 0.25) is 0 Å². The fourth-order valence-corrected chi connectivity index (χ4v) is 2.44. The van der Waals surface area contributed by atoms with Gasteiger partial charge in [0.15, 0.2) is 12.4 Å². The van der Waals surface area contributed by atoms with Crippen molar-refractivity contribution >= 4 is 23.5 Å². The molecule has 1 aromatic heterocycles. The second-order valence-electron chi connectivity index (χ2n) is 6.39. The number of amides is 2. The number of carbonyl (C=O) groups is 3. The highest BCUT2D eigenvalue weighted by atomic mass is 16.5. The molecule has 2 aromatic rings. The lowest BCUT2D eigenvalue weighted by Crippen LogP contribution is -2.45. The van der Waals surface area contributed by atoms with E-state index >= 15 is 0 Å². The summed E-state index contributed by atoms with van der Waals surface area (Å²) >= 11 is 0. The monoisotopic (exact) mass is 404 g/mol. The van der Waals surface area contributed by atoms with Gasteiger partial charge in [-0.3, -0.25) is 9.59 Å². The lowest BCUT2D eigenvalue weighted by Gasteiger charge is -2.20. The third-order valence-electron chi connectivity index (χ3n) is 3.98. The first kappa shape index (κ1) is 21.8. The number of furan rings is 1. The van der Waals surface area contributed by atoms with Crippen LogP contribution in [-0.2, 0) is 14.3 Å². The van der Waals surface area contributed by atoms with Gasteiger partial charge in [-0.1, -0.05) is 13.8 Å². The highest BCUT2D eigenvalue weighted by Crippen LogP contribution is 2.28. The van der Waals surface area contributed by atoms with E-state index in [4.69, 9.17) is 18.6 Å². The van der Waals surface area contributed by atoms with Gasteiger partial charge in [-0.2, -0.15) is 0 Å². The number of hydrogen-bond donors (Lipinski definition) is 2. The molecule has 1 atom stereocenters. The van der Waals surface area contributed by atoms with Crippen molar-refractivity contribution in [1.29, 1.82) is 0 Å². The maximum atomic E-state index is 12.4. The molecule has 0 bridgehead atoms. The molecule has 9 heteroatoms. The van der Waals surface area contributed by atoms with Gasteiger partial charge >= 0.3 is 5.97 Å². The van der Waals surface area contributed by atoms with Crippen LogP contribution in [0.1, 0.15) is 24.4 Å². The van der Waals surface area contributed by atoms with Gasteiger partial charge in [0, 0.05) is 6.07 Å². The van der Waals surface area contributed by atoms with Crippen LogP contribution in [0.2, 0.25) is 0 Å². The Kier molecular flexibility index (Phi) is 7.64. The summed E-state index contributed by atoms with van der Waals surface area (Å²) < 4.78 is 20.4. The lowest BCUT2D eigenvalue weighted by atomic mass is 10.0. The Labute approximate surface area is 168 Å². The van der Waals surface area contributed by atoms with E-state index in [1.165, 1.54) is 26.5 Å². The van der Waals surface area contributed by atoms with Crippen LogP contribution in [0.3, 0.4) is 0 Å². The summed E-state index contributed by atoms with van der Waals surface area (Å²) in [7, 11) is 2.96. The van der Waals surface area contributed by atoms with Gasteiger partial charge < -0.3 is 29.3 Å². The summed E-state index contributed by atoms with van der Waals surface area (Å²) in [6.07, 6.45) is 1.36. The van der Waals surface area contributed by atoms with Crippen molar-refractivity contribution in [3.05, 3.63) is 42.4 Å². The zero-order valence-corrected chi connectivity index (χ0v) is 16.7. The maximum Gasteiger partial charge on any atom is 0.329 e. The third kappa shape index (κ3) is 6.00. The van der Waals surface area contributed by atoms with Crippen LogP contribution in [0.5, 0.6) is 11.5 Å². The van der Waals surface area contributed by atoms with E-state index in [1.807, 2.05) is 0 Å². The molecule has 0 aliphatic rings. The predicted molar refractivity (Wildman–Crippen MR) is 104 cm³/mol. The first-order chi connectivity index (χ1) is 13.8. The minimum atomic E-state index is -0.938. The molecule has 2 amide bonds. The van der Waals surface area contributed by atoms with Gasteiger partial charge in [0.1, 0.15) is 17.5 Å². The quantitative estimate of drug-likeness (QED) is 0.616. The normalized spacial score (nSPS) is 11.5. The van der Waals surface area contributed by atoms with Crippen LogP contribution in [0.4, 0.5) is 5.69 Å². The van der Waals surface area contributed by atoms with Gasteiger partial charge in [-0.05, 0) is 30.2 Å². The Morgan fingerprint density at radius 2 is 1.86 bits per heavy atom. The van der Waals surface area contributed by atoms with Crippen molar-refractivity contribution in [2.45, 2.75) is 19.9 Å². The first-order valence-corrected chi connectivity index (χ1v) is 8.88. The Balaban J connectivity index is 1.95. The van der Waals surface area contributed by atoms with E-state index in [2.05, 4.69) is 10.6 Å². The van der Waals surface area contributed by atoms with Crippen molar-refractivity contribution < 1.29 is 33.0 Å². The number of anilines is 1. The van der Waals surface area contributed by atoms with Crippen LogP contribution in [0.25, 0.3) is 0 Å². The number of benzene rings is 1. The minimum absolute atomic E-state index is 0.0753. The predicted octanol–water partition coefficient (Wildman–Crippen LogP) is 2.23. The summed E-state index contributed by atoms with van der Waals surface area (Å²) in [6.45, 7) is 2.96. The number of methoxy groups -OCH3 is 2. The van der Waals surface area contributed by atoms with Gasteiger partial charge in [-0.15, -0.1) is 0 Å². The van der Waals surface area contributed by atoms with E-state index in [9.17, 15) is 14.4 Å². The largest absolute Gasteiger partial charge is 0.497 e. The molecule has 0 aliphatic heterocycles. The van der Waals surface area contributed by atoms with Crippen LogP contribution in [-0.4, -0.2) is 44.7 Å². The Morgan fingerprint density at radius 1 is 1.10 bits per heavy atom. The Hall–Kier alpha value is -3.49. The Bertz CT molecular complexity index is 847. The van der Waals surface area contributed by atoms with Gasteiger partial charge in [0.05, 0.1) is 26.2 Å². The topological polar surface area (TPSA) is 116 Å². The summed E-state index contributed by atoms with van der Waals surface area (Å²) in [5.41, 5.74) is 0.374. The summed E-state index contributed by atoms with van der Waals surface area (Å²) in [5.74, 6) is -1.07. The van der Waals surface area contributed by atoms with E-state index in [-0.39, 0.29) is 11.7 Å². The second-order valence-corrected chi connectivity index (χ2v) is 6.39. The van der Waals surface area contributed by atoms with Crippen LogP contribution >= 0.6 is 0 Å². The van der Waals surface area contributed by atoms with Crippen molar-refractivity contribution in [3.8, 4) is 11.5 Å². The van der Waals surface area contributed by atoms with Crippen LogP contribution in [0, 0.1) is 5.92 Å². The van der Waals surface area contributed by atoms with Crippen LogP contribution < -0.4 is 20.1 Å². The first-order valence-electron chi connectivity index (χ1n) is 8.88. The zero-order valence-electron chi connectivity index (χ0n) is 16.7. The highest BCUT2D eigenvalue weighted by Gasteiger charge is 2.27. The summed E-state index contributed by atoms with van der Waals surface area (Å²) in [4.78, 5) is 36.7. The van der Waals surface area contributed by atoms with Crippen molar-refractivity contribution in [3.63, 3.8) is 0 Å². The highest BCUT2D eigenvalue weighted by molar-refractivity contribution is 5.96. The lowest BCUT2D eigenvalue weighted by molar-refractivity contribution is -0.150. The molecular formula is C20H24N2O7. The van der Waals surface area contributed by atoms with E-state index < -0.39 is 30.4 Å². The molecular weight excluding hydrogens is 380 g/mol. The third-order valence-corrected chi connectivity index (χ3v) is 3.98. The molecule has 1 aromatic carbocycles. The van der Waals surface area contributed by atoms with Gasteiger partial charge in [0.25, 0.3) is 11.8 Å². The fraction of sp³-hybridized carbons (Fsp3) is 0.350. The summed E-state index contributed by atoms with van der Waals surface area (Å²) in [5, 5.41) is 5.15. The number of rotatable bonds is 9. The molecule has 0 fully saturated rings. The number of ether oxygens (including phenoxy) is 3. The average Bonchev–Trinajstić information content (AvgIpc) is 3.24. The molecule has 2 rings (SSSR count). The van der Waals surface area contributed by atoms with E-state index in [0.29, 0.717) is 17.2 Å². The smallest absolute Gasteiger partial charge is 0.329 e. The minimum Gasteiger partial charge on any atom is -0.497 e. The molecule has 0 unspecified atom stereocenters. The SMILES string of the molecule is COc1ccc(OC)c(NC(=O)COC(=O)[C@H](NC(=O)c2ccco2)C(C)C)c1. The standard InChI is InChI=1S/C20H24N2O7/c1-12(2)18(22-19(24)16-6-5-9-28-16)20(25)29-11-17(23)21-14-10-13(26-3)7-8-15(14)27-4/h5-10,12,18H,11H2,1-4H3,(H,21,23)(H,22,24)/t18-/m1/s1. The van der Waals surface area contributed by atoms with Crippen LogP contribution in [0.15, 0.2) is 41.0 Å². The molecule has 29 heavy (non-hydrogen) atoms. The van der Waals surface area contributed by atoms with E-state index in [1.54, 1.807) is 38.1 Å². The van der Waals surface area contributed by atoms with Crippen molar-refractivity contribution in [1.82, 2.24) is 5.32 Å². The number of hydrogen-bond acceptors (Lipinski definition) is 7. The molecule has 0 saturated carbocycles. The molecule has 0 radical (unpaired) electrons. The second kappa shape index (κ2) is 10.2. The number of carbonyl (C=O) groups excluding carboxylic acids is 3. The average molecular weight is 404 g/mol. The fourth-order valence-electron chi connectivity index (χ4n) is 2.44. The van der Waals surface area contributed by atoms with E-state index in [0.717, 1.165) is 0 Å². The zero-order chi connectivity index (χ0) is 21.4. The summed E-state index contributed by atoms with van der Waals surface area (Å²) in [6, 6.07) is 7.01. The maximum absolute atomic E-state index is 12.4. The molecule has 2 N–H and O–H groups in total. The Morgan fingerprint density at radius 3 is 2.45 bits per heavy atom. The number of nitrogens with one attached hydrogen (secondary N) is 2. The molecule has 0 saturated heterocycles.